The maximum absolute atomic E-state index is 12.9. The Kier molecular flexibility index (Phi) is 4.57. The summed E-state index contributed by atoms with van der Waals surface area (Å²) < 4.78 is 7.45. The highest BCUT2D eigenvalue weighted by molar-refractivity contribution is 7.18. The molecule has 0 bridgehead atoms. The van der Waals surface area contributed by atoms with Crippen molar-refractivity contribution in [2.75, 3.05) is 6.61 Å². The third-order valence-corrected chi connectivity index (χ3v) is 6.00. The summed E-state index contributed by atoms with van der Waals surface area (Å²) in [6, 6.07) is 9.77. The van der Waals surface area contributed by atoms with Crippen molar-refractivity contribution in [3.63, 3.8) is 0 Å². The van der Waals surface area contributed by atoms with Crippen molar-refractivity contribution in [3.8, 4) is 5.75 Å². The molecule has 2 aromatic heterocycles. The van der Waals surface area contributed by atoms with E-state index in [2.05, 4.69) is 11.9 Å². The van der Waals surface area contributed by atoms with E-state index in [1.54, 1.807) is 22.2 Å². The molecule has 4 rings (SSSR count). The average molecular weight is 354 g/mol. The van der Waals surface area contributed by atoms with Crippen LogP contribution in [-0.2, 0) is 19.4 Å². The monoisotopic (exact) mass is 354 g/mol. The van der Waals surface area contributed by atoms with Gasteiger partial charge in [-0.2, -0.15) is 0 Å². The topological polar surface area (TPSA) is 44.1 Å². The van der Waals surface area contributed by atoms with E-state index < -0.39 is 0 Å². The molecule has 0 radical (unpaired) electrons. The highest BCUT2D eigenvalue weighted by Gasteiger charge is 2.23. The number of hydrogen-bond acceptors (Lipinski definition) is 4. The van der Waals surface area contributed by atoms with E-state index in [0.717, 1.165) is 41.6 Å². The standard InChI is InChI=1S/C20H22N2O2S/c1-14-8-9-16-17(12-14)25-19-18(16)20(23)22(13-21-19)10-5-11-24-15-6-3-2-4-7-15/h2-4,6-7,13-14H,5,8-12H2,1H3/t14-/m0/s1. The Balaban J connectivity index is 1.49. The van der Waals surface area contributed by atoms with Crippen LogP contribution in [-0.4, -0.2) is 16.2 Å². The lowest BCUT2D eigenvalue weighted by Crippen LogP contribution is -2.22. The van der Waals surface area contributed by atoms with E-state index in [1.807, 2.05) is 30.3 Å². The molecule has 5 heteroatoms. The fourth-order valence-corrected chi connectivity index (χ4v) is 4.81. The first-order valence-corrected chi connectivity index (χ1v) is 9.71. The number of fused-ring (bicyclic) bond motifs is 3. The van der Waals surface area contributed by atoms with E-state index in [-0.39, 0.29) is 5.56 Å². The molecule has 25 heavy (non-hydrogen) atoms. The van der Waals surface area contributed by atoms with Gasteiger partial charge >= 0.3 is 0 Å². The molecule has 0 saturated carbocycles. The van der Waals surface area contributed by atoms with Gasteiger partial charge in [0.05, 0.1) is 18.3 Å². The molecule has 1 atom stereocenters. The van der Waals surface area contributed by atoms with Crippen LogP contribution in [0.5, 0.6) is 5.75 Å². The normalized spacial score (nSPS) is 16.8. The van der Waals surface area contributed by atoms with Crippen LogP contribution in [0, 0.1) is 5.92 Å². The molecule has 0 unspecified atom stereocenters. The van der Waals surface area contributed by atoms with E-state index in [0.29, 0.717) is 19.1 Å². The average Bonchev–Trinajstić information content (AvgIpc) is 2.99. The fourth-order valence-electron chi connectivity index (χ4n) is 3.47. The van der Waals surface area contributed by atoms with E-state index in [4.69, 9.17) is 4.74 Å². The van der Waals surface area contributed by atoms with Crippen molar-refractivity contribution in [1.29, 1.82) is 0 Å². The van der Waals surface area contributed by atoms with Crippen molar-refractivity contribution >= 4 is 21.6 Å². The Hall–Kier alpha value is -2.14. The largest absolute Gasteiger partial charge is 0.494 e. The second-order valence-corrected chi connectivity index (χ2v) is 7.87. The van der Waals surface area contributed by atoms with Crippen molar-refractivity contribution < 1.29 is 4.74 Å². The van der Waals surface area contributed by atoms with E-state index in [9.17, 15) is 4.79 Å². The first-order valence-electron chi connectivity index (χ1n) is 8.90. The summed E-state index contributed by atoms with van der Waals surface area (Å²) in [5, 5.41) is 0.860. The second kappa shape index (κ2) is 7.00. The van der Waals surface area contributed by atoms with Crippen molar-refractivity contribution in [2.24, 2.45) is 5.92 Å². The number of benzene rings is 1. The molecule has 1 aromatic carbocycles. The molecule has 0 amide bonds. The Morgan fingerprint density at radius 1 is 1.32 bits per heavy atom. The van der Waals surface area contributed by atoms with Gasteiger partial charge in [0, 0.05) is 11.4 Å². The quantitative estimate of drug-likeness (QED) is 0.649. The minimum Gasteiger partial charge on any atom is -0.494 e. The lowest BCUT2D eigenvalue weighted by molar-refractivity contribution is 0.301. The molecule has 1 aliphatic carbocycles. The molecular formula is C20H22N2O2S. The molecular weight excluding hydrogens is 332 g/mol. The molecule has 4 nitrogen and oxygen atoms in total. The second-order valence-electron chi connectivity index (χ2n) is 6.79. The van der Waals surface area contributed by atoms with Crippen LogP contribution >= 0.6 is 11.3 Å². The summed E-state index contributed by atoms with van der Waals surface area (Å²) in [7, 11) is 0. The minimum atomic E-state index is 0.108. The van der Waals surface area contributed by atoms with E-state index in [1.165, 1.54) is 10.4 Å². The third-order valence-electron chi connectivity index (χ3n) is 4.84. The van der Waals surface area contributed by atoms with Gasteiger partial charge in [0.2, 0.25) is 0 Å². The molecule has 130 valence electrons. The van der Waals surface area contributed by atoms with Gasteiger partial charge < -0.3 is 4.74 Å². The molecule has 0 spiro atoms. The zero-order valence-corrected chi connectivity index (χ0v) is 15.2. The van der Waals surface area contributed by atoms with Crippen LogP contribution in [0.25, 0.3) is 10.2 Å². The molecule has 0 aliphatic heterocycles. The maximum Gasteiger partial charge on any atom is 0.262 e. The van der Waals surface area contributed by atoms with Gasteiger partial charge in [-0.3, -0.25) is 9.36 Å². The van der Waals surface area contributed by atoms with Gasteiger partial charge in [0.1, 0.15) is 10.6 Å². The first kappa shape index (κ1) is 16.3. The van der Waals surface area contributed by atoms with Crippen LogP contribution in [0.4, 0.5) is 0 Å². The predicted molar refractivity (Wildman–Crippen MR) is 102 cm³/mol. The number of aromatic nitrogens is 2. The van der Waals surface area contributed by atoms with Gasteiger partial charge in [-0.1, -0.05) is 25.1 Å². The number of ether oxygens (including phenoxy) is 1. The first-order chi connectivity index (χ1) is 12.2. The summed E-state index contributed by atoms with van der Waals surface area (Å²) in [5.41, 5.74) is 1.36. The zero-order chi connectivity index (χ0) is 17.2. The Bertz CT molecular complexity index is 930. The minimum absolute atomic E-state index is 0.108. The van der Waals surface area contributed by atoms with Crippen LogP contribution in [0.3, 0.4) is 0 Å². The third kappa shape index (κ3) is 3.33. The zero-order valence-electron chi connectivity index (χ0n) is 14.4. The van der Waals surface area contributed by atoms with Gasteiger partial charge in [-0.25, -0.2) is 4.98 Å². The molecule has 2 heterocycles. The summed E-state index contributed by atoms with van der Waals surface area (Å²) >= 11 is 1.70. The SMILES string of the molecule is C[C@H]1CCc2c(sc3ncn(CCCOc4ccccc4)c(=O)c23)C1. The van der Waals surface area contributed by atoms with Gasteiger partial charge in [0.15, 0.2) is 0 Å². The lowest BCUT2D eigenvalue weighted by Gasteiger charge is -2.17. The van der Waals surface area contributed by atoms with Crippen molar-refractivity contribution in [2.45, 2.75) is 39.2 Å². The number of rotatable bonds is 5. The Morgan fingerprint density at radius 2 is 2.16 bits per heavy atom. The van der Waals surface area contributed by atoms with Gasteiger partial charge in [-0.15, -0.1) is 11.3 Å². The summed E-state index contributed by atoms with van der Waals surface area (Å²) in [6.45, 7) is 3.51. The van der Waals surface area contributed by atoms with Crippen LogP contribution < -0.4 is 10.3 Å². The number of aryl methyl sites for hydroxylation is 2. The highest BCUT2D eigenvalue weighted by atomic mass is 32.1. The number of thiophene rings is 1. The number of hydrogen-bond donors (Lipinski definition) is 0. The van der Waals surface area contributed by atoms with Crippen LogP contribution in [0.15, 0.2) is 41.5 Å². The summed E-state index contributed by atoms with van der Waals surface area (Å²) in [6.07, 6.45) is 5.73. The number of nitrogens with zero attached hydrogens (tertiary/aromatic N) is 2. The van der Waals surface area contributed by atoms with Crippen molar-refractivity contribution in [3.05, 3.63) is 57.5 Å². The molecule has 0 N–H and O–H groups in total. The summed E-state index contributed by atoms with van der Waals surface area (Å²) in [5.74, 6) is 1.57. The number of para-hydroxylation sites is 1. The Labute approximate surface area is 151 Å². The Morgan fingerprint density at radius 3 is 3.00 bits per heavy atom. The lowest BCUT2D eigenvalue weighted by atomic mass is 9.89. The predicted octanol–water partition coefficient (Wildman–Crippen LogP) is 4.05. The maximum atomic E-state index is 12.9. The van der Waals surface area contributed by atoms with Crippen LogP contribution in [0.1, 0.15) is 30.2 Å². The molecule has 0 saturated heterocycles. The fraction of sp³-hybridized carbons (Fsp3) is 0.400. The molecule has 0 fully saturated rings. The van der Waals surface area contributed by atoms with Gasteiger partial charge in [-0.05, 0) is 49.3 Å². The highest BCUT2D eigenvalue weighted by Crippen LogP contribution is 2.35. The van der Waals surface area contributed by atoms with Crippen molar-refractivity contribution in [1.82, 2.24) is 9.55 Å². The van der Waals surface area contributed by atoms with Crippen LogP contribution in [0.2, 0.25) is 0 Å². The molecule has 3 aromatic rings. The molecule has 1 aliphatic rings. The van der Waals surface area contributed by atoms with Gasteiger partial charge in [0.25, 0.3) is 5.56 Å². The van der Waals surface area contributed by atoms with E-state index >= 15 is 0 Å². The smallest absolute Gasteiger partial charge is 0.262 e. The summed E-state index contributed by atoms with van der Waals surface area (Å²) in [4.78, 5) is 19.7.